The van der Waals surface area contributed by atoms with Crippen molar-refractivity contribution < 1.29 is 13.6 Å². The monoisotopic (exact) mass is 183 g/mol. The van der Waals surface area contributed by atoms with Gasteiger partial charge in [-0.15, -0.1) is 0 Å². The van der Waals surface area contributed by atoms with Gasteiger partial charge >= 0.3 is 0 Å². The minimum atomic E-state index is -1.32. The summed E-state index contributed by atoms with van der Waals surface area (Å²) in [5.74, 6) is -0.890. The van der Waals surface area contributed by atoms with E-state index in [1.165, 1.54) is 12.1 Å². The molecule has 1 heterocycles. The Morgan fingerprint density at radius 3 is 3.00 bits per heavy atom. The third-order valence-corrected chi connectivity index (χ3v) is 1.99. The Kier molecular flexibility index (Phi) is 1.76. The van der Waals surface area contributed by atoms with Gasteiger partial charge in [-0.3, -0.25) is 4.79 Å². The predicted molar refractivity (Wildman–Crippen MR) is 43.5 cm³/mol. The van der Waals surface area contributed by atoms with Gasteiger partial charge in [0.1, 0.15) is 12.0 Å². The van der Waals surface area contributed by atoms with Crippen molar-refractivity contribution in [3.63, 3.8) is 0 Å². The molecule has 1 unspecified atom stereocenters. The van der Waals surface area contributed by atoms with Gasteiger partial charge in [0, 0.05) is 11.3 Å². The number of alkyl halides is 1. The van der Waals surface area contributed by atoms with E-state index in [9.17, 15) is 13.6 Å². The molecule has 0 aliphatic carbocycles. The maximum Gasteiger partial charge on any atom is 0.227 e. The molecule has 0 radical (unpaired) electrons. The van der Waals surface area contributed by atoms with E-state index in [-0.39, 0.29) is 12.1 Å². The van der Waals surface area contributed by atoms with Crippen molar-refractivity contribution in [2.75, 3.05) is 5.32 Å². The smallest absolute Gasteiger partial charge is 0.227 e. The lowest BCUT2D eigenvalue weighted by Crippen LogP contribution is -2.20. The molecule has 1 atom stereocenters. The first-order valence-electron chi connectivity index (χ1n) is 3.90. The van der Waals surface area contributed by atoms with E-state index in [1.807, 2.05) is 0 Å². The lowest BCUT2D eigenvalue weighted by atomic mass is 10.0. The van der Waals surface area contributed by atoms with Gasteiger partial charge in [0.05, 0.1) is 6.42 Å². The van der Waals surface area contributed by atoms with Gasteiger partial charge < -0.3 is 5.32 Å². The number of amides is 1. The van der Waals surface area contributed by atoms with Crippen LogP contribution in [0.5, 0.6) is 0 Å². The summed E-state index contributed by atoms with van der Waals surface area (Å²) in [5, 5.41) is 2.41. The second kappa shape index (κ2) is 2.80. The minimum Gasteiger partial charge on any atom is -0.326 e. The first-order chi connectivity index (χ1) is 6.16. The Hall–Kier alpha value is -1.45. The first kappa shape index (κ1) is 8.16. The van der Waals surface area contributed by atoms with Gasteiger partial charge in [-0.1, -0.05) is 6.07 Å². The fourth-order valence-electron chi connectivity index (χ4n) is 1.38. The third kappa shape index (κ3) is 1.39. The van der Waals surface area contributed by atoms with Crippen LogP contribution in [0, 0.1) is 5.82 Å². The fourth-order valence-corrected chi connectivity index (χ4v) is 1.38. The highest BCUT2D eigenvalue weighted by atomic mass is 19.1. The zero-order chi connectivity index (χ0) is 9.42. The zero-order valence-corrected chi connectivity index (χ0v) is 6.68. The summed E-state index contributed by atoms with van der Waals surface area (Å²) >= 11 is 0. The average Bonchev–Trinajstić information content (AvgIpc) is 2.02. The normalized spacial score (nSPS) is 20.8. The molecule has 1 amide bonds. The number of hydrogen-bond acceptors (Lipinski definition) is 1. The Bertz CT molecular complexity index is 365. The van der Waals surface area contributed by atoms with E-state index in [0.717, 1.165) is 6.07 Å². The second-order valence-corrected chi connectivity index (χ2v) is 2.95. The van der Waals surface area contributed by atoms with E-state index in [4.69, 9.17) is 0 Å². The molecule has 0 bridgehead atoms. The van der Waals surface area contributed by atoms with Gasteiger partial charge in [-0.2, -0.15) is 0 Å². The van der Waals surface area contributed by atoms with Crippen molar-refractivity contribution in [1.82, 2.24) is 0 Å². The van der Waals surface area contributed by atoms with Gasteiger partial charge in [0.15, 0.2) is 0 Å². The fraction of sp³-hybridized carbons (Fsp3) is 0.222. The first-order valence-corrected chi connectivity index (χ1v) is 3.90. The van der Waals surface area contributed by atoms with E-state index in [0.29, 0.717) is 5.56 Å². The number of benzene rings is 1. The number of halogens is 2. The van der Waals surface area contributed by atoms with Gasteiger partial charge in [0.2, 0.25) is 5.91 Å². The van der Waals surface area contributed by atoms with Crippen LogP contribution in [0.25, 0.3) is 0 Å². The lowest BCUT2D eigenvalue weighted by Gasteiger charge is -2.19. The van der Waals surface area contributed by atoms with Crippen LogP contribution in [0.1, 0.15) is 18.2 Å². The van der Waals surface area contributed by atoms with Crippen LogP contribution in [0.15, 0.2) is 18.2 Å². The minimum absolute atomic E-state index is 0.182. The maximum absolute atomic E-state index is 13.2. The summed E-state index contributed by atoms with van der Waals surface area (Å²) in [5.41, 5.74) is 0.588. The highest BCUT2D eigenvalue weighted by Crippen LogP contribution is 2.33. The second-order valence-electron chi connectivity index (χ2n) is 2.95. The van der Waals surface area contributed by atoms with E-state index < -0.39 is 17.9 Å². The average molecular weight is 183 g/mol. The molecule has 0 aromatic heterocycles. The largest absolute Gasteiger partial charge is 0.326 e. The zero-order valence-electron chi connectivity index (χ0n) is 6.68. The molecule has 2 rings (SSSR count). The molecule has 13 heavy (non-hydrogen) atoms. The van der Waals surface area contributed by atoms with E-state index >= 15 is 0 Å². The van der Waals surface area contributed by atoms with E-state index in [2.05, 4.69) is 5.32 Å². The molecule has 0 saturated carbocycles. The Morgan fingerprint density at radius 1 is 1.46 bits per heavy atom. The van der Waals surface area contributed by atoms with Crippen molar-refractivity contribution in [2.24, 2.45) is 0 Å². The lowest BCUT2D eigenvalue weighted by molar-refractivity contribution is -0.117. The van der Waals surface area contributed by atoms with Crippen molar-refractivity contribution in [3.05, 3.63) is 29.6 Å². The molecule has 4 heteroatoms. The van der Waals surface area contributed by atoms with Crippen LogP contribution < -0.4 is 5.32 Å². The van der Waals surface area contributed by atoms with Crippen LogP contribution >= 0.6 is 0 Å². The number of fused-ring (bicyclic) bond motifs is 1. The number of anilines is 1. The summed E-state index contributed by atoms with van der Waals surface area (Å²) in [6, 6.07) is 3.66. The van der Waals surface area contributed by atoms with Crippen molar-refractivity contribution in [2.45, 2.75) is 12.6 Å². The van der Waals surface area contributed by atoms with Crippen LogP contribution in [0.4, 0.5) is 14.5 Å². The van der Waals surface area contributed by atoms with Crippen LogP contribution in [-0.4, -0.2) is 5.91 Å². The highest BCUT2D eigenvalue weighted by molar-refractivity contribution is 5.94. The molecule has 0 saturated heterocycles. The summed E-state index contributed by atoms with van der Waals surface area (Å²) in [7, 11) is 0. The number of hydrogen-bond donors (Lipinski definition) is 1. The van der Waals surface area contributed by atoms with Crippen molar-refractivity contribution in [1.29, 1.82) is 0 Å². The topological polar surface area (TPSA) is 29.1 Å². The molecule has 1 aliphatic rings. The van der Waals surface area contributed by atoms with Crippen LogP contribution in [-0.2, 0) is 4.79 Å². The predicted octanol–water partition coefficient (Wildman–Crippen LogP) is 2.18. The molecule has 2 nitrogen and oxygen atoms in total. The highest BCUT2D eigenvalue weighted by Gasteiger charge is 2.24. The van der Waals surface area contributed by atoms with Gasteiger partial charge in [0.25, 0.3) is 0 Å². The number of nitrogens with one attached hydrogen (secondary N) is 1. The number of rotatable bonds is 0. The van der Waals surface area contributed by atoms with Crippen LogP contribution in [0.3, 0.4) is 0 Å². The number of carbonyl (C=O) groups excluding carboxylic acids is 1. The van der Waals surface area contributed by atoms with Crippen molar-refractivity contribution in [3.8, 4) is 0 Å². The summed E-state index contributed by atoms with van der Waals surface area (Å²) < 4.78 is 25.9. The number of carbonyl (C=O) groups is 1. The molecule has 0 spiro atoms. The SMILES string of the molecule is O=C1CC(F)c2ccc(F)cc2N1. The molecule has 1 aliphatic heterocycles. The summed E-state index contributed by atoms with van der Waals surface area (Å²) in [4.78, 5) is 10.9. The maximum atomic E-state index is 13.2. The molecular formula is C9H7F2NO. The van der Waals surface area contributed by atoms with Crippen molar-refractivity contribution >= 4 is 11.6 Å². The van der Waals surface area contributed by atoms with Crippen LogP contribution in [0.2, 0.25) is 0 Å². The molecule has 68 valence electrons. The quantitative estimate of drug-likeness (QED) is 0.656. The molecule has 0 fully saturated rings. The molecule has 1 aromatic rings. The third-order valence-electron chi connectivity index (χ3n) is 1.99. The Morgan fingerprint density at radius 2 is 2.23 bits per heavy atom. The van der Waals surface area contributed by atoms with Gasteiger partial charge in [-0.25, -0.2) is 8.78 Å². The standard InChI is InChI=1S/C9H7F2NO/c10-5-1-2-6-7(11)4-9(13)12-8(6)3-5/h1-3,7H,4H2,(H,12,13). The molecular weight excluding hydrogens is 176 g/mol. The Balaban J connectivity index is 2.49. The molecule has 1 aromatic carbocycles. The summed E-state index contributed by atoms with van der Waals surface area (Å²) in [6.45, 7) is 0. The van der Waals surface area contributed by atoms with E-state index in [1.54, 1.807) is 0 Å². The molecule has 1 N–H and O–H groups in total. The van der Waals surface area contributed by atoms with Gasteiger partial charge in [-0.05, 0) is 12.1 Å². The Labute approximate surface area is 73.6 Å². The summed E-state index contributed by atoms with van der Waals surface area (Å²) in [6.07, 6.45) is -1.50.